The van der Waals surface area contributed by atoms with Gasteiger partial charge in [-0.15, -0.1) is 0 Å². The molecule has 3 heterocycles. The smallest absolute Gasteiger partial charge is 0.124 e. The van der Waals surface area contributed by atoms with E-state index in [9.17, 15) is 0 Å². The van der Waals surface area contributed by atoms with Crippen molar-refractivity contribution in [3.05, 3.63) is 93.5 Å². The minimum Gasteiger partial charge on any atom is -0.490 e. The Hall–Kier alpha value is -3.00. The van der Waals surface area contributed by atoms with E-state index in [2.05, 4.69) is 81.6 Å². The molecule has 40 heavy (non-hydrogen) atoms. The predicted octanol–water partition coefficient (Wildman–Crippen LogP) is 8.02. The molecule has 0 saturated heterocycles. The van der Waals surface area contributed by atoms with Gasteiger partial charge in [-0.2, -0.15) is 10.2 Å². The fourth-order valence-electron chi connectivity index (χ4n) is 6.41. The first-order valence-electron chi connectivity index (χ1n) is 14.1. The number of aromatic amines is 2. The highest BCUT2D eigenvalue weighted by atomic mass is 35.5. The number of ether oxygens (including phenoxy) is 2. The summed E-state index contributed by atoms with van der Waals surface area (Å²) in [6, 6.07) is 17.1. The van der Waals surface area contributed by atoms with Crippen LogP contribution in [-0.4, -0.2) is 37.4 Å². The van der Waals surface area contributed by atoms with Gasteiger partial charge >= 0.3 is 0 Å². The summed E-state index contributed by atoms with van der Waals surface area (Å²) in [7, 11) is 0. The largest absolute Gasteiger partial charge is 0.490 e. The summed E-state index contributed by atoms with van der Waals surface area (Å²) in [4.78, 5) is 2.48. The van der Waals surface area contributed by atoms with E-state index in [0.717, 1.165) is 61.4 Å². The Morgan fingerprint density at radius 1 is 0.875 bits per heavy atom. The molecule has 0 amide bonds. The molecule has 1 fully saturated rings. The lowest BCUT2D eigenvalue weighted by molar-refractivity contribution is 0.0365. The number of hydrogen-bond donors (Lipinski definition) is 2. The molecule has 0 bridgehead atoms. The van der Waals surface area contributed by atoms with Crippen molar-refractivity contribution in [1.82, 2.24) is 25.3 Å². The molecule has 6 rings (SSSR count). The van der Waals surface area contributed by atoms with Gasteiger partial charge in [0, 0.05) is 6.04 Å². The van der Waals surface area contributed by atoms with Crippen molar-refractivity contribution in [3.8, 4) is 11.5 Å². The van der Waals surface area contributed by atoms with Crippen molar-refractivity contribution in [1.29, 1.82) is 0 Å². The first-order valence-corrected chi connectivity index (χ1v) is 14.9. The maximum Gasteiger partial charge on any atom is 0.124 e. The van der Waals surface area contributed by atoms with Gasteiger partial charge in [0.15, 0.2) is 0 Å². The lowest BCUT2D eigenvalue weighted by Gasteiger charge is -2.43. The number of rotatable bonds is 8. The Bertz CT molecular complexity index is 1370. The van der Waals surface area contributed by atoms with E-state index >= 15 is 0 Å². The van der Waals surface area contributed by atoms with Gasteiger partial charge in [-0.3, -0.25) is 15.1 Å². The highest BCUT2D eigenvalue weighted by molar-refractivity contribution is 6.31. The summed E-state index contributed by atoms with van der Waals surface area (Å²) in [5.41, 5.74) is 4.27. The van der Waals surface area contributed by atoms with E-state index in [1.165, 1.54) is 11.1 Å². The monoisotopic (exact) mass is 579 g/mol. The molecule has 0 spiro atoms. The predicted molar refractivity (Wildman–Crippen MR) is 157 cm³/mol. The summed E-state index contributed by atoms with van der Waals surface area (Å²) < 4.78 is 12.8. The molecule has 2 aromatic heterocycles. The van der Waals surface area contributed by atoms with Crippen molar-refractivity contribution in [2.75, 3.05) is 0 Å². The molecule has 7 nitrogen and oxygen atoms in total. The molecule has 3 unspecified atom stereocenters. The normalized spacial score (nSPS) is 22.4. The third kappa shape index (κ3) is 5.60. The number of H-pyrrole nitrogens is 2. The lowest BCUT2D eigenvalue weighted by Crippen LogP contribution is -2.43. The maximum atomic E-state index is 6.52. The van der Waals surface area contributed by atoms with Crippen molar-refractivity contribution in [2.45, 2.75) is 82.7 Å². The number of fused-ring (bicyclic) bond motifs is 1. The quantitative estimate of drug-likeness (QED) is 0.221. The highest BCUT2D eigenvalue weighted by Gasteiger charge is 2.36. The standard InChI is InChI=1S/C31H35Cl2N5O2/c1-19(30-26(32)17-34-36-30)38(20(2)31-27(33)18-35-37-31)23-9-11-24(12-10-23)39-25-13-15-29-22(16-25)8-14-28(40-29)21-6-4-3-5-7-21/h3-7,13,15-20,23-24,28H,8-12,14H2,1-2H3,(H,34,36)(H,35,37). The van der Waals surface area contributed by atoms with Gasteiger partial charge in [-0.25, -0.2) is 0 Å². The molecule has 1 aliphatic heterocycles. The number of aryl methyl sites for hydroxylation is 1. The average Bonchev–Trinajstić information content (AvgIpc) is 3.62. The SMILES string of the molecule is CC(c1[nH]ncc1Cl)N(C1CCC(Oc2ccc3c(c2)CCC(c2ccccc2)O3)CC1)C(C)c1[nH]ncc1Cl. The van der Waals surface area contributed by atoms with Crippen LogP contribution in [0.2, 0.25) is 10.0 Å². The van der Waals surface area contributed by atoms with E-state index in [0.29, 0.717) is 16.1 Å². The van der Waals surface area contributed by atoms with Crippen molar-refractivity contribution < 1.29 is 9.47 Å². The molecule has 1 aliphatic carbocycles. The molecule has 4 aromatic rings. The molecule has 1 saturated carbocycles. The zero-order valence-corrected chi connectivity index (χ0v) is 24.3. The second kappa shape index (κ2) is 11.9. The van der Waals surface area contributed by atoms with Crippen molar-refractivity contribution in [3.63, 3.8) is 0 Å². The first kappa shape index (κ1) is 27.2. The Labute approximate surface area is 245 Å². The van der Waals surface area contributed by atoms with Crippen LogP contribution in [0.5, 0.6) is 11.5 Å². The topological polar surface area (TPSA) is 79.1 Å². The number of nitrogens with one attached hydrogen (secondary N) is 2. The molecule has 2 N–H and O–H groups in total. The fraction of sp³-hybridized carbons (Fsp3) is 0.419. The third-order valence-corrected chi connectivity index (χ3v) is 9.09. The molecule has 9 heteroatoms. The number of benzene rings is 2. The fourth-order valence-corrected chi connectivity index (χ4v) is 6.91. The summed E-state index contributed by atoms with van der Waals surface area (Å²) in [5, 5.41) is 15.8. The first-order chi connectivity index (χ1) is 19.5. The van der Waals surface area contributed by atoms with E-state index in [-0.39, 0.29) is 24.3 Å². The Kier molecular flexibility index (Phi) is 8.05. The van der Waals surface area contributed by atoms with Crippen LogP contribution in [0.25, 0.3) is 0 Å². The summed E-state index contributed by atoms with van der Waals surface area (Å²) in [6.07, 6.45) is 9.51. The van der Waals surface area contributed by atoms with Crippen LogP contribution in [0, 0.1) is 0 Å². The molecule has 2 aliphatic rings. The zero-order chi connectivity index (χ0) is 27.6. The average molecular weight is 581 g/mol. The molecular weight excluding hydrogens is 545 g/mol. The number of aromatic nitrogens is 4. The number of nitrogens with zero attached hydrogens (tertiary/aromatic N) is 3. The van der Waals surface area contributed by atoms with Gasteiger partial charge in [0.2, 0.25) is 0 Å². The van der Waals surface area contributed by atoms with Crippen LogP contribution in [-0.2, 0) is 6.42 Å². The van der Waals surface area contributed by atoms with Crippen molar-refractivity contribution in [2.24, 2.45) is 0 Å². The second-order valence-electron chi connectivity index (χ2n) is 10.9. The van der Waals surface area contributed by atoms with Crippen LogP contribution in [0.1, 0.15) is 86.7 Å². The molecular formula is C31H35Cl2N5O2. The van der Waals surface area contributed by atoms with Crippen LogP contribution >= 0.6 is 23.2 Å². The van der Waals surface area contributed by atoms with Gasteiger partial charge < -0.3 is 9.47 Å². The summed E-state index contributed by atoms with van der Waals surface area (Å²) >= 11 is 13.0. The Balaban J connectivity index is 1.11. The Morgan fingerprint density at radius 3 is 2.12 bits per heavy atom. The summed E-state index contributed by atoms with van der Waals surface area (Å²) in [5.74, 6) is 1.89. The van der Waals surface area contributed by atoms with Gasteiger partial charge in [-0.1, -0.05) is 53.5 Å². The van der Waals surface area contributed by atoms with Crippen LogP contribution in [0.4, 0.5) is 0 Å². The van der Waals surface area contributed by atoms with Gasteiger partial charge in [0.05, 0.1) is 52.0 Å². The number of halogens is 2. The molecule has 3 atom stereocenters. The lowest BCUT2D eigenvalue weighted by atomic mass is 9.89. The minimum atomic E-state index is 0.0205. The van der Waals surface area contributed by atoms with E-state index in [1.807, 2.05) is 6.07 Å². The van der Waals surface area contributed by atoms with E-state index in [4.69, 9.17) is 32.7 Å². The zero-order valence-electron chi connectivity index (χ0n) is 22.8. The minimum absolute atomic E-state index is 0.0205. The van der Waals surface area contributed by atoms with Crippen LogP contribution in [0.3, 0.4) is 0 Å². The second-order valence-corrected chi connectivity index (χ2v) is 11.8. The summed E-state index contributed by atoms with van der Waals surface area (Å²) in [6.45, 7) is 4.33. The van der Waals surface area contributed by atoms with Crippen LogP contribution in [0.15, 0.2) is 60.9 Å². The van der Waals surface area contributed by atoms with E-state index in [1.54, 1.807) is 12.4 Å². The van der Waals surface area contributed by atoms with E-state index < -0.39 is 0 Å². The van der Waals surface area contributed by atoms with Gasteiger partial charge in [-0.05, 0) is 81.7 Å². The Morgan fingerprint density at radius 2 is 1.52 bits per heavy atom. The molecule has 0 radical (unpaired) electrons. The maximum absolute atomic E-state index is 6.52. The van der Waals surface area contributed by atoms with Gasteiger partial charge in [0.25, 0.3) is 0 Å². The van der Waals surface area contributed by atoms with Crippen molar-refractivity contribution >= 4 is 23.2 Å². The van der Waals surface area contributed by atoms with Gasteiger partial charge in [0.1, 0.15) is 17.6 Å². The van der Waals surface area contributed by atoms with Crippen LogP contribution < -0.4 is 9.47 Å². The molecule has 210 valence electrons. The molecule has 2 aromatic carbocycles. The highest BCUT2D eigenvalue weighted by Crippen LogP contribution is 2.41. The number of hydrogen-bond acceptors (Lipinski definition) is 5. The third-order valence-electron chi connectivity index (χ3n) is 8.49.